The zero-order valence-corrected chi connectivity index (χ0v) is 13.6. The second-order valence-electron chi connectivity index (χ2n) is 4.75. The van der Waals surface area contributed by atoms with Crippen LogP contribution in [-0.4, -0.2) is 29.5 Å². The summed E-state index contributed by atoms with van der Waals surface area (Å²) in [4.78, 5) is 34.4. The van der Waals surface area contributed by atoms with Crippen LogP contribution in [0.4, 0.5) is 11.4 Å². The van der Waals surface area contributed by atoms with E-state index in [4.69, 9.17) is 0 Å². The summed E-state index contributed by atoms with van der Waals surface area (Å²) in [5, 5.41) is 15.8. The number of amides is 2. The molecule has 2 rings (SSSR count). The molecule has 0 saturated heterocycles. The third-order valence-electron chi connectivity index (χ3n) is 3.05. The van der Waals surface area contributed by atoms with Gasteiger partial charge in [0.25, 0.3) is 11.6 Å². The van der Waals surface area contributed by atoms with Crippen molar-refractivity contribution in [3.8, 4) is 0 Å². The number of carbonyl (C=O) groups excluding carboxylic acids is 2. The Bertz CT molecular complexity index is 762. The van der Waals surface area contributed by atoms with Gasteiger partial charge in [-0.1, -0.05) is 6.07 Å². The van der Waals surface area contributed by atoms with Crippen molar-refractivity contribution >= 4 is 35.0 Å². The van der Waals surface area contributed by atoms with E-state index in [1.807, 2.05) is 0 Å². The molecule has 0 aromatic heterocycles. The summed E-state index contributed by atoms with van der Waals surface area (Å²) in [6.07, 6.45) is 0. The van der Waals surface area contributed by atoms with Crippen LogP contribution in [0.1, 0.15) is 10.4 Å². The van der Waals surface area contributed by atoms with Gasteiger partial charge in [0.1, 0.15) is 0 Å². The van der Waals surface area contributed by atoms with Gasteiger partial charge < -0.3 is 10.6 Å². The molecule has 124 valence electrons. The van der Waals surface area contributed by atoms with Crippen LogP contribution in [-0.2, 0) is 4.79 Å². The molecule has 0 saturated carbocycles. The molecule has 0 atom stereocenters. The monoisotopic (exact) mass is 345 g/mol. The lowest BCUT2D eigenvalue weighted by Gasteiger charge is -2.07. The van der Waals surface area contributed by atoms with E-state index in [0.29, 0.717) is 11.3 Å². The Morgan fingerprint density at radius 2 is 1.88 bits per heavy atom. The third-order valence-corrected chi connectivity index (χ3v) is 4.07. The molecule has 24 heavy (non-hydrogen) atoms. The number of hydrogen-bond donors (Lipinski definition) is 2. The Morgan fingerprint density at radius 1 is 1.17 bits per heavy atom. The summed E-state index contributed by atoms with van der Waals surface area (Å²) in [7, 11) is 1.54. The van der Waals surface area contributed by atoms with E-state index in [2.05, 4.69) is 10.6 Å². The average Bonchev–Trinajstić information content (AvgIpc) is 2.59. The quantitative estimate of drug-likeness (QED) is 0.476. The van der Waals surface area contributed by atoms with E-state index in [9.17, 15) is 19.7 Å². The maximum atomic E-state index is 12.0. The number of nitrogens with zero attached hydrogens (tertiary/aromatic N) is 1. The fraction of sp³-hybridized carbons (Fsp3) is 0.125. The van der Waals surface area contributed by atoms with Gasteiger partial charge in [-0.05, 0) is 30.3 Å². The van der Waals surface area contributed by atoms with E-state index in [1.165, 1.54) is 30.9 Å². The summed E-state index contributed by atoms with van der Waals surface area (Å²) in [6, 6.07) is 12.6. The van der Waals surface area contributed by atoms with Gasteiger partial charge in [0.15, 0.2) is 0 Å². The Labute approximate surface area is 142 Å². The van der Waals surface area contributed by atoms with Gasteiger partial charge in [0.2, 0.25) is 5.91 Å². The van der Waals surface area contributed by atoms with Crippen molar-refractivity contribution in [3.05, 3.63) is 64.2 Å². The number of benzene rings is 2. The first-order chi connectivity index (χ1) is 11.5. The normalized spacial score (nSPS) is 10.0. The summed E-state index contributed by atoms with van der Waals surface area (Å²) < 4.78 is 0. The van der Waals surface area contributed by atoms with Crippen molar-refractivity contribution in [2.45, 2.75) is 4.90 Å². The van der Waals surface area contributed by atoms with Crippen molar-refractivity contribution in [2.24, 2.45) is 0 Å². The van der Waals surface area contributed by atoms with Crippen molar-refractivity contribution in [1.29, 1.82) is 0 Å². The number of anilines is 1. The average molecular weight is 345 g/mol. The first-order valence-corrected chi connectivity index (χ1v) is 7.97. The van der Waals surface area contributed by atoms with Gasteiger partial charge in [-0.2, -0.15) is 0 Å². The molecular weight excluding hydrogens is 330 g/mol. The number of thioether (sulfide) groups is 1. The fourth-order valence-corrected chi connectivity index (χ4v) is 2.59. The van der Waals surface area contributed by atoms with Crippen LogP contribution in [0.2, 0.25) is 0 Å². The van der Waals surface area contributed by atoms with E-state index in [1.54, 1.807) is 36.4 Å². The minimum absolute atomic E-state index is 0.00909. The number of nitro groups is 1. The predicted molar refractivity (Wildman–Crippen MR) is 92.3 cm³/mol. The van der Waals surface area contributed by atoms with Crippen LogP contribution in [0.5, 0.6) is 0 Å². The first-order valence-electron chi connectivity index (χ1n) is 6.99. The maximum absolute atomic E-state index is 12.0. The van der Waals surface area contributed by atoms with Crippen LogP contribution in [0.15, 0.2) is 53.4 Å². The predicted octanol–water partition coefficient (Wildman–Crippen LogP) is 2.69. The molecule has 7 nitrogen and oxygen atoms in total. The van der Waals surface area contributed by atoms with Gasteiger partial charge in [-0.3, -0.25) is 19.7 Å². The second-order valence-corrected chi connectivity index (χ2v) is 5.80. The van der Waals surface area contributed by atoms with E-state index in [0.717, 1.165) is 4.90 Å². The highest BCUT2D eigenvalue weighted by atomic mass is 32.2. The molecule has 2 N–H and O–H groups in total. The molecule has 0 radical (unpaired) electrons. The molecule has 2 amide bonds. The number of nitrogens with one attached hydrogen (secondary N) is 2. The fourth-order valence-electron chi connectivity index (χ4n) is 1.89. The third kappa shape index (κ3) is 4.82. The Kier molecular flexibility index (Phi) is 5.91. The minimum atomic E-state index is -0.472. The van der Waals surface area contributed by atoms with Crippen molar-refractivity contribution in [2.75, 3.05) is 18.1 Å². The zero-order chi connectivity index (χ0) is 17.5. The minimum Gasteiger partial charge on any atom is -0.355 e. The van der Waals surface area contributed by atoms with E-state index in [-0.39, 0.29) is 23.3 Å². The number of hydrogen-bond acceptors (Lipinski definition) is 5. The maximum Gasteiger partial charge on any atom is 0.269 e. The highest BCUT2D eigenvalue weighted by Gasteiger charge is 2.08. The van der Waals surface area contributed by atoms with Gasteiger partial charge in [-0.25, -0.2) is 0 Å². The molecule has 0 spiro atoms. The lowest BCUT2D eigenvalue weighted by Crippen LogP contribution is -2.18. The molecule has 0 bridgehead atoms. The topological polar surface area (TPSA) is 101 Å². The van der Waals surface area contributed by atoms with Crippen LogP contribution in [0.25, 0.3) is 0 Å². The van der Waals surface area contributed by atoms with E-state index < -0.39 is 4.92 Å². The Hall–Kier alpha value is -2.87. The molecule has 0 unspecified atom stereocenters. The smallest absolute Gasteiger partial charge is 0.269 e. The number of nitro benzene ring substituents is 1. The molecule has 2 aromatic carbocycles. The number of non-ortho nitro benzene ring substituents is 1. The number of rotatable bonds is 6. The highest BCUT2D eigenvalue weighted by Crippen LogP contribution is 2.21. The summed E-state index contributed by atoms with van der Waals surface area (Å²) in [5.41, 5.74) is 0.999. The molecular formula is C16H15N3O4S. The van der Waals surface area contributed by atoms with Crippen LogP contribution < -0.4 is 10.6 Å². The van der Waals surface area contributed by atoms with Crippen LogP contribution in [0, 0.1) is 10.1 Å². The summed E-state index contributed by atoms with van der Waals surface area (Å²) >= 11 is 1.27. The van der Waals surface area contributed by atoms with Crippen molar-refractivity contribution in [1.82, 2.24) is 5.32 Å². The molecule has 0 aliphatic heterocycles. The molecule has 0 aliphatic carbocycles. The van der Waals surface area contributed by atoms with Crippen molar-refractivity contribution in [3.63, 3.8) is 0 Å². The van der Waals surface area contributed by atoms with Gasteiger partial charge in [0, 0.05) is 35.3 Å². The largest absolute Gasteiger partial charge is 0.355 e. The second kappa shape index (κ2) is 8.11. The Morgan fingerprint density at radius 3 is 2.50 bits per heavy atom. The molecule has 0 aliphatic rings. The summed E-state index contributed by atoms with van der Waals surface area (Å²) in [6.45, 7) is 0. The van der Waals surface area contributed by atoms with Crippen LogP contribution in [0.3, 0.4) is 0 Å². The number of carbonyl (C=O) groups is 2. The standard InChI is InChI=1S/C16H15N3O4S/c1-17-16(21)11-3-2-4-12(9-11)18-15(20)10-24-14-7-5-13(6-8-14)19(22)23/h2-9H,10H2,1H3,(H,17,21)(H,18,20). The SMILES string of the molecule is CNC(=O)c1cccc(NC(=O)CSc2ccc([N+](=O)[O-])cc2)c1. The van der Waals surface area contributed by atoms with Gasteiger partial charge in [-0.15, -0.1) is 11.8 Å². The first kappa shape index (κ1) is 17.5. The van der Waals surface area contributed by atoms with Gasteiger partial charge >= 0.3 is 0 Å². The van der Waals surface area contributed by atoms with Crippen LogP contribution >= 0.6 is 11.8 Å². The lowest BCUT2D eigenvalue weighted by atomic mass is 10.2. The van der Waals surface area contributed by atoms with E-state index >= 15 is 0 Å². The molecule has 8 heteroatoms. The summed E-state index contributed by atoms with van der Waals surface area (Å²) in [5.74, 6) is -0.305. The van der Waals surface area contributed by atoms with Crippen molar-refractivity contribution < 1.29 is 14.5 Å². The molecule has 0 heterocycles. The Balaban J connectivity index is 1.91. The van der Waals surface area contributed by atoms with Gasteiger partial charge in [0.05, 0.1) is 10.7 Å². The molecule has 2 aromatic rings. The zero-order valence-electron chi connectivity index (χ0n) is 12.8. The highest BCUT2D eigenvalue weighted by molar-refractivity contribution is 8.00. The molecule has 0 fully saturated rings. The lowest BCUT2D eigenvalue weighted by molar-refractivity contribution is -0.384.